The second-order valence-corrected chi connectivity index (χ2v) is 9.03. The number of amides is 2. The molecule has 1 unspecified atom stereocenters. The van der Waals surface area contributed by atoms with Crippen molar-refractivity contribution in [2.24, 2.45) is 5.92 Å². The van der Waals surface area contributed by atoms with Gasteiger partial charge in [0.1, 0.15) is 0 Å². The van der Waals surface area contributed by atoms with Crippen molar-refractivity contribution in [3.05, 3.63) is 41.4 Å². The summed E-state index contributed by atoms with van der Waals surface area (Å²) in [4.78, 5) is 31.3. The molecule has 1 aromatic heterocycles. The van der Waals surface area contributed by atoms with Gasteiger partial charge < -0.3 is 14.7 Å². The van der Waals surface area contributed by atoms with Gasteiger partial charge in [0, 0.05) is 43.7 Å². The predicted molar refractivity (Wildman–Crippen MR) is 125 cm³/mol. The van der Waals surface area contributed by atoms with E-state index in [1.807, 2.05) is 48.2 Å². The number of benzene rings is 1. The topological polar surface area (TPSA) is 69.6 Å². The molecular formula is C24H30ClN5O2. The highest BCUT2D eigenvalue weighted by molar-refractivity contribution is 6.33. The van der Waals surface area contributed by atoms with Gasteiger partial charge in [0.05, 0.1) is 17.3 Å². The van der Waals surface area contributed by atoms with Crippen molar-refractivity contribution in [3.63, 3.8) is 0 Å². The van der Waals surface area contributed by atoms with Crippen LogP contribution in [0.3, 0.4) is 0 Å². The Kier molecular flexibility index (Phi) is 6.94. The maximum atomic E-state index is 12.9. The van der Waals surface area contributed by atoms with Gasteiger partial charge in [-0.3, -0.25) is 9.59 Å². The Labute approximate surface area is 194 Å². The fourth-order valence-electron chi connectivity index (χ4n) is 3.97. The van der Waals surface area contributed by atoms with Crippen LogP contribution in [0.5, 0.6) is 0 Å². The molecule has 1 saturated heterocycles. The average molecular weight is 456 g/mol. The van der Waals surface area contributed by atoms with Gasteiger partial charge >= 0.3 is 0 Å². The molecule has 0 radical (unpaired) electrons. The summed E-state index contributed by atoms with van der Waals surface area (Å²) in [5.74, 6) is 1.08. The first-order valence-electron chi connectivity index (χ1n) is 11.4. The molecule has 1 aliphatic carbocycles. The largest absolute Gasteiger partial charge is 0.352 e. The zero-order valence-corrected chi connectivity index (χ0v) is 19.5. The van der Waals surface area contributed by atoms with Crippen LogP contribution in [-0.4, -0.2) is 70.6 Å². The second kappa shape index (κ2) is 9.86. The van der Waals surface area contributed by atoms with Gasteiger partial charge in [0.2, 0.25) is 11.8 Å². The highest BCUT2D eigenvalue weighted by atomic mass is 35.5. The van der Waals surface area contributed by atoms with Crippen LogP contribution in [0.15, 0.2) is 36.4 Å². The molecule has 7 nitrogen and oxygen atoms in total. The van der Waals surface area contributed by atoms with E-state index in [0.717, 1.165) is 36.3 Å². The van der Waals surface area contributed by atoms with Gasteiger partial charge in [-0.05, 0) is 44.4 Å². The minimum Gasteiger partial charge on any atom is -0.352 e. The van der Waals surface area contributed by atoms with Gasteiger partial charge in [0.15, 0.2) is 5.82 Å². The Morgan fingerprint density at radius 2 is 1.81 bits per heavy atom. The molecule has 0 bridgehead atoms. The minimum atomic E-state index is 0.0269. The molecular weight excluding hydrogens is 426 g/mol. The van der Waals surface area contributed by atoms with Crippen molar-refractivity contribution < 1.29 is 9.59 Å². The number of carbonyl (C=O) groups is 2. The number of aromatic nitrogens is 2. The zero-order chi connectivity index (χ0) is 22.7. The fourth-order valence-corrected chi connectivity index (χ4v) is 4.21. The number of piperazine rings is 1. The maximum Gasteiger partial charge on any atom is 0.242 e. The van der Waals surface area contributed by atoms with Crippen molar-refractivity contribution in [1.82, 2.24) is 20.0 Å². The lowest BCUT2D eigenvalue weighted by Gasteiger charge is -2.37. The predicted octanol–water partition coefficient (Wildman–Crippen LogP) is 3.48. The Morgan fingerprint density at radius 3 is 2.41 bits per heavy atom. The Hall–Kier alpha value is -2.67. The first kappa shape index (κ1) is 22.5. The number of hydrogen-bond acceptors (Lipinski definition) is 5. The van der Waals surface area contributed by atoms with Crippen molar-refractivity contribution in [2.45, 2.75) is 39.2 Å². The summed E-state index contributed by atoms with van der Waals surface area (Å²) >= 11 is 6.26. The van der Waals surface area contributed by atoms with Crippen LogP contribution in [0, 0.1) is 5.92 Å². The van der Waals surface area contributed by atoms with E-state index in [9.17, 15) is 9.59 Å². The third-order valence-electron chi connectivity index (χ3n) is 6.39. The van der Waals surface area contributed by atoms with Crippen LogP contribution in [0.1, 0.15) is 33.1 Å². The number of halogens is 1. The maximum absolute atomic E-state index is 12.9. The SMILES string of the molecule is CCC(C)N(CC(=O)N1CCN(c2ccc(-c3ccccc3Cl)nn2)CC1)C(=O)C1CC1. The van der Waals surface area contributed by atoms with Crippen molar-refractivity contribution >= 4 is 29.2 Å². The quantitative estimate of drug-likeness (QED) is 0.639. The fraction of sp³-hybridized carbons (Fsp3) is 0.500. The van der Waals surface area contributed by atoms with Gasteiger partial charge in [-0.25, -0.2) is 0 Å². The lowest BCUT2D eigenvalue weighted by molar-refractivity contribution is -0.143. The molecule has 1 atom stereocenters. The van der Waals surface area contributed by atoms with Crippen molar-refractivity contribution in [3.8, 4) is 11.3 Å². The van der Waals surface area contributed by atoms with Crippen LogP contribution >= 0.6 is 11.6 Å². The molecule has 0 N–H and O–H groups in total. The lowest BCUT2D eigenvalue weighted by atomic mass is 10.1. The number of carbonyl (C=O) groups excluding carboxylic acids is 2. The second-order valence-electron chi connectivity index (χ2n) is 8.62. The van der Waals surface area contributed by atoms with E-state index in [0.29, 0.717) is 31.2 Å². The number of rotatable bonds is 7. The first-order valence-corrected chi connectivity index (χ1v) is 11.8. The summed E-state index contributed by atoms with van der Waals surface area (Å²) in [5, 5.41) is 9.38. The highest BCUT2D eigenvalue weighted by Crippen LogP contribution is 2.32. The summed E-state index contributed by atoms with van der Waals surface area (Å²) in [5.41, 5.74) is 1.59. The minimum absolute atomic E-state index is 0.0269. The molecule has 0 spiro atoms. The Morgan fingerprint density at radius 1 is 1.09 bits per heavy atom. The van der Waals surface area contributed by atoms with Gasteiger partial charge in [-0.15, -0.1) is 10.2 Å². The Bertz CT molecular complexity index is 955. The highest BCUT2D eigenvalue weighted by Gasteiger charge is 2.36. The van der Waals surface area contributed by atoms with E-state index in [1.165, 1.54) is 0 Å². The van der Waals surface area contributed by atoms with E-state index < -0.39 is 0 Å². The third-order valence-corrected chi connectivity index (χ3v) is 6.72. The van der Waals surface area contributed by atoms with Crippen LogP contribution in [0.25, 0.3) is 11.3 Å². The van der Waals surface area contributed by atoms with Gasteiger partial charge in [-0.1, -0.05) is 36.7 Å². The van der Waals surface area contributed by atoms with Crippen LogP contribution in [-0.2, 0) is 9.59 Å². The first-order chi connectivity index (χ1) is 15.5. The molecule has 2 amide bonds. The molecule has 2 heterocycles. The summed E-state index contributed by atoms with van der Waals surface area (Å²) in [6.45, 7) is 6.85. The summed E-state index contributed by atoms with van der Waals surface area (Å²) in [6.07, 6.45) is 2.76. The summed E-state index contributed by atoms with van der Waals surface area (Å²) < 4.78 is 0. The third kappa shape index (κ3) is 5.04. The number of anilines is 1. The smallest absolute Gasteiger partial charge is 0.242 e. The van der Waals surface area contributed by atoms with E-state index in [4.69, 9.17) is 11.6 Å². The molecule has 1 aliphatic heterocycles. The molecule has 2 aromatic rings. The van der Waals surface area contributed by atoms with Gasteiger partial charge in [0.25, 0.3) is 0 Å². The van der Waals surface area contributed by atoms with Crippen molar-refractivity contribution in [1.29, 1.82) is 0 Å². The average Bonchev–Trinajstić information content (AvgIpc) is 3.68. The molecule has 8 heteroatoms. The van der Waals surface area contributed by atoms with E-state index in [-0.39, 0.29) is 30.3 Å². The standard InChI is InChI=1S/C24H30ClN5O2/c1-3-17(2)30(24(32)18-8-9-18)16-23(31)29-14-12-28(13-15-29)22-11-10-21(26-27-22)19-6-4-5-7-20(19)25/h4-7,10-11,17-18H,3,8-9,12-16H2,1-2H3. The van der Waals surface area contributed by atoms with E-state index >= 15 is 0 Å². The summed E-state index contributed by atoms with van der Waals surface area (Å²) in [6, 6.07) is 11.5. The van der Waals surface area contributed by atoms with Crippen molar-refractivity contribution in [2.75, 3.05) is 37.6 Å². The monoisotopic (exact) mass is 455 g/mol. The normalized spacial score (nSPS) is 17.2. The molecule has 1 aromatic carbocycles. The van der Waals surface area contributed by atoms with Crippen LogP contribution < -0.4 is 4.90 Å². The van der Waals surface area contributed by atoms with E-state index in [2.05, 4.69) is 22.0 Å². The molecule has 4 rings (SSSR count). The van der Waals surface area contributed by atoms with E-state index in [1.54, 1.807) is 4.90 Å². The zero-order valence-electron chi connectivity index (χ0n) is 18.7. The Balaban J connectivity index is 1.34. The number of nitrogens with zero attached hydrogens (tertiary/aromatic N) is 5. The molecule has 2 fully saturated rings. The molecule has 2 aliphatic rings. The van der Waals surface area contributed by atoms with Crippen LogP contribution in [0.2, 0.25) is 5.02 Å². The van der Waals surface area contributed by atoms with Gasteiger partial charge in [-0.2, -0.15) is 0 Å². The van der Waals surface area contributed by atoms with Crippen LogP contribution in [0.4, 0.5) is 5.82 Å². The summed E-state index contributed by atoms with van der Waals surface area (Å²) in [7, 11) is 0. The number of hydrogen-bond donors (Lipinski definition) is 0. The molecule has 170 valence electrons. The molecule has 1 saturated carbocycles. The lowest BCUT2D eigenvalue weighted by Crippen LogP contribution is -2.53. The molecule has 32 heavy (non-hydrogen) atoms.